The second-order valence-corrected chi connectivity index (χ2v) is 8.74. The summed E-state index contributed by atoms with van der Waals surface area (Å²) in [6.07, 6.45) is 8.17. The Kier molecular flexibility index (Phi) is 14.0. The molecule has 0 N–H and O–H groups in total. The minimum Gasteiger partial charge on any atom is -0.756 e. The Balaban J connectivity index is 3.46. The van der Waals surface area contributed by atoms with Crippen molar-refractivity contribution in [1.82, 2.24) is 0 Å². The Morgan fingerprint density at radius 1 is 0.923 bits per heavy atom. The summed E-state index contributed by atoms with van der Waals surface area (Å²) in [5, 5.41) is 0. The Morgan fingerprint density at radius 2 is 1.38 bits per heavy atom. The summed E-state index contributed by atoms with van der Waals surface area (Å²) in [5.41, 5.74) is 0. The molecule has 1 unspecified atom stereocenters. The molecule has 0 heterocycles. The van der Waals surface area contributed by atoms with Crippen LogP contribution in [0.15, 0.2) is 12.7 Å². The number of hydrogen-bond acceptors (Lipinski definition) is 6. The lowest BCUT2D eigenvalue weighted by atomic mass is 10.1. The number of quaternary nitrogens is 1. The van der Waals surface area contributed by atoms with Gasteiger partial charge in [-0.15, -0.1) is 0 Å². The number of carbonyl (C=O) groups is 1. The number of rotatable bonds is 17. The molecule has 0 radical (unpaired) electrons. The van der Waals surface area contributed by atoms with Crippen molar-refractivity contribution < 1.29 is 32.5 Å². The standard InChI is InChI=1S/C18H36NO6P/c1-5-18(20)23-15-11-8-6-7-9-12-16-24-26(21,22)25-17-13-10-14-19(2,3)4/h5H,1,6-17H2,2-4H3. The van der Waals surface area contributed by atoms with Gasteiger partial charge in [0, 0.05) is 6.08 Å². The van der Waals surface area contributed by atoms with E-state index in [2.05, 4.69) is 27.7 Å². The van der Waals surface area contributed by atoms with Gasteiger partial charge in [-0.3, -0.25) is 4.57 Å². The van der Waals surface area contributed by atoms with Crippen molar-refractivity contribution in [2.75, 3.05) is 47.5 Å². The largest absolute Gasteiger partial charge is 0.756 e. The molecule has 0 fully saturated rings. The van der Waals surface area contributed by atoms with Gasteiger partial charge in [-0.05, 0) is 25.7 Å². The molecule has 8 heteroatoms. The van der Waals surface area contributed by atoms with E-state index in [1.54, 1.807) is 0 Å². The topological polar surface area (TPSA) is 84.9 Å². The molecule has 154 valence electrons. The summed E-state index contributed by atoms with van der Waals surface area (Å²) in [6, 6.07) is 0. The van der Waals surface area contributed by atoms with Crippen molar-refractivity contribution in [3.8, 4) is 0 Å². The van der Waals surface area contributed by atoms with Crippen LogP contribution in [-0.2, 0) is 23.1 Å². The first-order valence-electron chi connectivity index (χ1n) is 9.36. The average molecular weight is 393 g/mol. The van der Waals surface area contributed by atoms with Gasteiger partial charge in [0.15, 0.2) is 0 Å². The van der Waals surface area contributed by atoms with Crippen LogP contribution in [0.4, 0.5) is 0 Å². The number of hydrogen-bond donors (Lipinski definition) is 0. The van der Waals surface area contributed by atoms with Gasteiger partial charge in [0.2, 0.25) is 0 Å². The first-order chi connectivity index (χ1) is 12.2. The summed E-state index contributed by atoms with van der Waals surface area (Å²) in [4.78, 5) is 22.4. The fraction of sp³-hybridized carbons (Fsp3) is 0.833. The molecular weight excluding hydrogens is 357 g/mol. The molecule has 7 nitrogen and oxygen atoms in total. The zero-order chi connectivity index (χ0) is 19.9. The summed E-state index contributed by atoms with van der Waals surface area (Å²) >= 11 is 0. The van der Waals surface area contributed by atoms with E-state index in [-0.39, 0.29) is 19.2 Å². The van der Waals surface area contributed by atoms with Gasteiger partial charge in [0.25, 0.3) is 7.82 Å². The maximum Gasteiger partial charge on any atom is 0.330 e. The number of ether oxygens (including phenoxy) is 1. The number of esters is 1. The summed E-state index contributed by atoms with van der Waals surface area (Å²) in [6.45, 7) is 5.06. The van der Waals surface area contributed by atoms with Crippen molar-refractivity contribution in [3.63, 3.8) is 0 Å². The predicted octanol–water partition coefficient (Wildman–Crippen LogP) is 3.04. The quantitative estimate of drug-likeness (QED) is 0.124. The highest BCUT2D eigenvalue weighted by molar-refractivity contribution is 7.45. The van der Waals surface area contributed by atoms with Gasteiger partial charge < -0.3 is 23.2 Å². The van der Waals surface area contributed by atoms with Crippen LogP contribution in [0.1, 0.15) is 51.4 Å². The monoisotopic (exact) mass is 393 g/mol. The van der Waals surface area contributed by atoms with Gasteiger partial charge in [-0.25, -0.2) is 4.79 Å². The predicted molar refractivity (Wildman–Crippen MR) is 101 cm³/mol. The summed E-state index contributed by atoms with van der Waals surface area (Å²) in [5.74, 6) is -0.389. The van der Waals surface area contributed by atoms with Crippen LogP contribution < -0.4 is 4.89 Å². The maximum absolute atomic E-state index is 11.6. The Labute approximate surface area is 158 Å². The van der Waals surface area contributed by atoms with Gasteiger partial charge in [-0.1, -0.05) is 32.3 Å². The lowest BCUT2D eigenvalue weighted by Gasteiger charge is -2.25. The molecule has 0 aliphatic heterocycles. The van der Waals surface area contributed by atoms with Crippen molar-refractivity contribution in [1.29, 1.82) is 0 Å². The molecule has 0 spiro atoms. The SMILES string of the molecule is C=CC(=O)OCCCCCCCCOP(=O)([O-])OCCCC[N+](C)(C)C. The zero-order valence-corrected chi connectivity index (χ0v) is 17.5. The number of phosphoric acid groups is 1. The first kappa shape index (κ1) is 25.3. The summed E-state index contributed by atoms with van der Waals surface area (Å²) in [7, 11) is 2.12. The molecule has 0 saturated carbocycles. The highest BCUT2D eigenvalue weighted by Crippen LogP contribution is 2.38. The van der Waals surface area contributed by atoms with Crippen LogP contribution in [0.3, 0.4) is 0 Å². The van der Waals surface area contributed by atoms with Gasteiger partial charge >= 0.3 is 5.97 Å². The minimum absolute atomic E-state index is 0.163. The third-order valence-electron chi connectivity index (χ3n) is 3.67. The van der Waals surface area contributed by atoms with Crippen LogP contribution in [0.25, 0.3) is 0 Å². The smallest absolute Gasteiger partial charge is 0.330 e. The normalized spacial score (nSPS) is 14.0. The van der Waals surface area contributed by atoms with Crippen molar-refractivity contribution >= 4 is 13.8 Å². The molecule has 1 atom stereocenters. The Morgan fingerprint density at radius 3 is 1.88 bits per heavy atom. The maximum atomic E-state index is 11.6. The lowest BCUT2D eigenvalue weighted by Crippen LogP contribution is -2.35. The molecule has 0 aromatic carbocycles. The molecule has 0 saturated heterocycles. The number of phosphoric ester groups is 1. The molecular formula is C18H36NO6P. The second kappa shape index (κ2) is 14.4. The third kappa shape index (κ3) is 18.1. The molecule has 0 amide bonds. The van der Waals surface area contributed by atoms with Gasteiger partial charge in [0.05, 0.1) is 47.5 Å². The zero-order valence-electron chi connectivity index (χ0n) is 16.6. The summed E-state index contributed by atoms with van der Waals surface area (Å²) < 4.78 is 27.1. The van der Waals surface area contributed by atoms with E-state index in [0.29, 0.717) is 19.4 Å². The van der Waals surface area contributed by atoms with E-state index in [0.717, 1.165) is 55.6 Å². The van der Waals surface area contributed by atoms with E-state index in [9.17, 15) is 14.3 Å². The van der Waals surface area contributed by atoms with Crippen LogP contribution in [-0.4, -0.2) is 58.0 Å². The molecule has 0 aromatic heterocycles. The van der Waals surface area contributed by atoms with Crippen LogP contribution in [0, 0.1) is 0 Å². The highest BCUT2D eigenvalue weighted by Gasteiger charge is 2.10. The van der Waals surface area contributed by atoms with E-state index < -0.39 is 7.82 Å². The Bertz CT molecular complexity index is 436. The van der Waals surface area contributed by atoms with E-state index in [1.807, 2.05) is 0 Å². The third-order valence-corrected chi connectivity index (χ3v) is 4.67. The fourth-order valence-corrected chi connectivity index (χ4v) is 3.00. The molecule has 26 heavy (non-hydrogen) atoms. The van der Waals surface area contributed by atoms with Crippen molar-refractivity contribution in [2.24, 2.45) is 0 Å². The van der Waals surface area contributed by atoms with Crippen molar-refractivity contribution in [3.05, 3.63) is 12.7 Å². The van der Waals surface area contributed by atoms with E-state index in [4.69, 9.17) is 13.8 Å². The number of carbonyl (C=O) groups excluding carboxylic acids is 1. The Hall–Kier alpha value is -0.720. The molecule has 0 aromatic rings. The second-order valence-electron chi connectivity index (χ2n) is 7.33. The number of unbranched alkanes of at least 4 members (excludes halogenated alkanes) is 6. The van der Waals surface area contributed by atoms with Gasteiger partial charge in [0.1, 0.15) is 0 Å². The first-order valence-corrected chi connectivity index (χ1v) is 10.8. The van der Waals surface area contributed by atoms with Crippen LogP contribution in [0.5, 0.6) is 0 Å². The molecule has 0 aliphatic rings. The fourth-order valence-electron chi connectivity index (χ4n) is 2.22. The lowest BCUT2D eigenvalue weighted by molar-refractivity contribution is -0.870. The minimum atomic E-state index is -4.17. The molecule has 0 aliphatic carbocycles. The molecule has 0 rings (SSSR count). The van der Waals surface area contributed by atoms with E-state index >= 15 is 0 Å². The number of nitrogens with zero attached hydrogens (tertiary/aromatic N) is 1. The van der Waals surface area contributed by atoms with Crippen LogP contribution >= 0.6 is 7.82 Å². The van der Waals surface area contributed by atoms with E-state index in [1.165, 1.54) is 0 Å². The van der Waals surface area contributed by atoms with Crippen molar-refractivity contribution in [2.45, 2.75) is 51.4 Å². The highest BCUT2D eigenvalue weighted by atomic mass is 31.2. The molecule has 0 bridgehead atoms. The van der Waals surface area contributed by atoms with Gasteiger partial charge in [-0.2, -0.15) is 0 Å². The average Bonchev–Trinajstić information content (AvgIpc) is 2.54. The van der Waals surface area contributed by atoms with Crippen LogP contribution in [0.2, 0.25) is 0 Å².